The van der Waals surface area contributed by atoms with Gasteiger partial charge in [-0.05, 0) is 31.4 Å². The molecule has 156 valence electrons. The molecular formula is C22H38O4S. The second kappa shape index (κ2) is 13.0. The molecule has 1 atom stereocenters. The molecule has 4 nitrogen and oxygen atoms in total. The first kappa shape index (κ1) is 23.8. The molecule has 0 amide bonds. The fraction of sp³-hybridized carbons (Fsp3) is 0.727. The summed E-state index contributed by atoms with van der Waals surface area (Å²) in [5.74, 6) is -0.0774. The van der Waals surface area contributed by atoms with E-state index < -0.39 is 15.4 Å². The molecule has 0 aliphatic rings. The standard InChI is InChI=1S/C22H38O4S/c1-4-6-7-8-9-10-11-12-13-14-17-20(5-2)27(24,25)26-21-18-15-16-19(3)22(21)23/h15-16,18,20,23H,4-14,17H2,1-3H3. The highest BCUT2D eigenvalue weighted by molar-refractivity contribution is 7.87. The molecule has 0 fully saturated rings. The zero-order valence-electron chi connectivity index (χ0n) is 17.4. The number of benzene rings is 1. The Labute approximate surface area is 166 Å². The Morgan fingerprint density at radius 1 is 0.926 bits per heavy atom. The summed E-state index contributed by atoms with van der Waals surface area (Å²) in [5, 5.41) is 9.47. The third-order valence-electron chi connectivity index (χ3n) is 5.15. The van der Waals surface area contributed by atoms with Crippen molar-refractivity contribution in [2.24, 2.45) is 0 Å². The van der Waals surface area contributed by atoms with Gasteiger partial charge < -0.3 is 9.29 Å². The topological polar surface area (TPSA) is 63.6 Å². The Bertz CT molecular complexity index is 625. The maximum atomic E-state index is 12.6. The van der Waals surface area contributed by atoms with E-state index in [9.17, 15) is 13.5 Å². The quantitative estimate of drug-likeness (QED) is 0.270. The molecule has 0 aliphatic heterocycles. The lowest BCUT2D eigenvalue weighted by atomic mass is 10.0. The second-order valence-electron chi connectivity index (χ2n) is 7.50. The summed E-state index contributed by atoms with van der Waals surface area (Å²) < 4.78 is 30.3. The smallest absolute Gasteiger partial charge is 0.312 e. The van der Waals surface area contributed by atoms with Gasteiger partial charge in [-0.1, -0.05) is 90.2 Å². The second-order valence-corrected chi connectivity index (χ2v) is 9.32. The maximum absolute atomic E-state index is 12.6. The van der Waals surface area contributed by atoms with Crippen molar-refractivity contribution >= 4 is 10.1 Å². The van der Waals surface area contributed by atoms with Crippen molar-refractivity contribution in [1.82, 2.24) is 0 Å². The van der Waals surface area contributed by atoms with Gasteiger partial charge in [0, 0.05) is 0 Å². The number of rotatable bonds is 15. The Morgan fingerprint density at radius 3 is 2.04 bits per heavy atom. The molecule has 0 saturated heterocycles. The van der Waals surface area contributed by atoms with Crippen LogP contribution in [0.5, 0.6) is 11.5 Å². The third kappa shape index (κ3) is 9.00. The first-order chi connectivity index (χ1) is 12.9. The highest BCUT2D eigenvalue weighted by Crippen LogP contribution is 2.31. The molecule has 27 heavy (non-hydrogen) atoms. The number of phenols is 1. The minimum atomic E-state index is -3.74. The Balaban J connectivity index is 2.32. The number of hydrogen-bond donors (Lipinski definition) is 1. The average molecular weight is 399 g/mol. The van der Waals surface area contributed by atoms with E-state index in [0.29, 0.717) is 18.4 Å². The van der Waals surface area contributed by atoms with E-state index in [0.717, 1.165) is 12.8 Å². The minimum Gasteiger partial charge on any atom is -0.504 e. The summed E-state index contributed by atoms with van der Waals surface area (Å²) >= 11 is 0. The summed E-state index contributed by atoms with van der Waals surface area (Å²) in [4.78, 5) is 0. The van der Waals surface area contributed by atoms with E-state index in [4.69, 9.17) is 4.18 Å². The van der Waals surface area contributed by atoms with Gasteiger partial charge >= 0.3 is 10.1 Å². The van der Waals surface area contributed by atoms with Crippen LogP contribution in [0.4, 0.5) is 0 Å². The number of unbranched alkanes of at least 4 members (excludes halogenated alkanes) is 9. The molecule has 0 heterocycles. The number of aromatic hydroxyl groups is 1. The van der Waals surface area contributed by atoms with Crippen molar-refractivity contribution < 1.29 is 17.7 Å². The molecule has 0 saturated carbocycles. The Morgan fingerprint density at radius 2 is 1.48 bits per heavy atom. The average Bonchev–Trinajstić information content (AvgIpc) is 2.63. The van der Waals surface area contributed by atoms with Gasteiger partial charge in [0.2, 0.25) is 0 Å². The first-order valence-electron chi connectivity index (χ1n) is 10.6. The van der Waals surface area contributed by atoms with Gasteiger partial charge in [0.15, 0.2) is 11.5 Å². The number of para-hydroxylation sites is 1. The molecule has 0 bridgehead atoms. The van der Waals surface area contributed by atoms with Crippen LogP contribution in [0.3, 0.4) is 0 Å². The minimum absolute atomic E-state index is 0.0246. The Kier molecular flexibility index (Phi) is 11.5. The van der Waals surface area contributed by atoms with Crippen LogP contribution in [0.1, 0.15) is 96.5 Å². The zero-order valence-corrected chi connectivity index (χ0v) is 18.2. The van der Waals surface area contributed by atoms with Crippen LogP contribution < -0.4 is 4.18 Å². The molecule has 1 N–H and O–H groups in total. The highest BCUT2D eigenvalue weighted by atomic mass is 32.2. The highest BCUT2D eigenvalue weighted by Gasteiger charge is 2.26. The van der Waals surface area contributed by atoms with Crippen molar-refractivity contribution in [1.29, 1.82) is 0 Å². The van der Waals surface area contributed by atoms with Crippen molar-refractivity contribution in [2.75, 3.05) is 0 Å². The first-order valence-corrected chi connectivity index (χ1v) is 12.1. The lowest BCUT2D eigenvalue weighted by Crippen LogP contribution is -2.25. The molecule has 5 heteroatoms. The predicted molar refractivity (Wildman–Crippen MR) is 113 cm³/mol. The van der Waals surface area contributed by atoms with Crippen molar-refractivity contribution in [3.05, 3.63) is 23.8 Å². The van der Waals surface area contributed by atoms with Crippen LogP contribution in [-0.4, -0.2) is 18.8 Å². The van der Waals surface area contributed by atoms with E-state index in [2.05, 4.69) is 6.92 Å². The van der Waals surface area contributed by atoms with Crippen LogP contribution in [0.2, 0.25) is 0 Å². The van der Waals surface area contributed by atoms with Crippen LogP contribution in [0.25, 0.3) is 0 Å². The van der Waals surface area contributed by atoms with E-state index in [1.54, 1.807) is 19.1 Å². The van der Waals surface area contributed by atoms with Gasteiger partial charge in [-0.15, -0.1) is 0 Å². The lowest BCUT2D eigenvalue weighted by Gasteiger charge is -2.17. The van der Waals surface area contributed by atoms with E-state index in [-0.39, 0.29) is 11.5 Å². The SMILES string of the molecule is CCCCCCCCCCCCC(CC)S(=O)(=O)Oc1cccc(C)c1O. The molecule has 0 aliphatic carbocycles. The van der Waals surface area contributed by atoms with E-state index in [1.165, 1.54) is 57.4 Å². The van der Waals surface area contributed by atoms with Gasteiger partial charge in [0.25, 0.3) is 0 Å². The number of aryl methyl sites for hydroxylation is 1. The summed E-state index contributed by atoms with van der Waals surface area (Å²) in [7, 11) is -3.74. The lowest BCUT2D eigenvalue weighted by molar-refractivity contribution is 0.416. The molecule has 1 aromatic rings. The van der Waals surface area contributed by atoms with Crippen molar-refractivity contribution in [3.63, 3.8) is 0 Å². The largest absolute Gasteiger partial charge is 0.504 e. The fourth-order valence-corrected chi connectivity index (χ4v) is 4.69. The van der Waals surface area contributed by atoms with E-state index in [1.807, 2.05) is 6.92 Å². The van der Waals surface area contributed by atoms with Gasteiger partial charge in [-0.25, -0.2) is 0 Å². The Hall–Kier alpha value is -1.23. The zero-order chi connectivity index (χ0) is 20.1. The summed E-state index contributed by atoms with van der Waals surface area (Å²) in [6.45, 7) is 5.83. The molecule has 1 unspecified atom stereocenters. The molecule has 0 aromatic heterocycles. The van der Waals surface area contributed by atoms with Crippen LogP contribution in [-0.2, 0) is 10.1 Å². The summed E-state index contributed by atoms with van der Waals surface area (Å²) in [5.41, 5.74) is 0.602. The molecule has 1 aromatic carbocycles. The van der Waals surface area contributed by atoms with Crippen LogP contribution in [0.15, 0.2) is 18.2 Å². The summed E-state index contributed by atoms with van der Waals surface area (Å²) in [6.07, 6.45) is 13.4. The fourth-order valence-electron chi connectivity index (χ4n) is 3.30. The predicted octanol–water partition coefficient (Wildman–Crippen LogP) is 6.50. The van der Waals surface area contributed by atoms with Crippen LogP contribution >= 0.6 is 0 Å². The van der Waals surface area contributed by atoms with Crippen molar-refractivity contribution in [3.8, 4) is 11.5 Å². The molecule has 0 spiro atoms. The monoisotopic (exact) mass is 398 g/mol. The molecule has 0 radical (unpaired) electrons. The molecule has 1 rings (SSSR count). The van der Waals surface area contributed by atoms with E-state index >= 15 is 0 Å². The van der Waals surface area contributed by atoms with Gasteiger partial charge in [-0.2, -0.15) is 8.42 Å². The van der Waals surface area contributed by atoms with Gasteiger partial charge in [0.05, 0.1) is 5.25 Å². The normalized spacial score (nSPS) is 12.9. The maximum Gasteiger partial charge on any atom is 0.312 e. The van der Waals surface area contributed by atoms with Crippen molar-refractivity contribution in [2.45, 2.75) is 103 Å². The van der Waals surface area contributed by atoms with Gasteiger partial charge in [-0.3, -0.25) is 0 Å². The van der Waals surface area contributed by atoms with Gasteiger partial charge in [0.1, 0.15) is 0 Å². The number of phenolic OH excluding ortho intramolecular Hbond substituents is 1. The summed E-state index contributed by atoms with van der Waals surface area (Å²) in [6, 6.07) is 4.89. The molecular weight excluding hydrogens is 360 g/mol. The van der Waals surface area contributed by atoms with Crippen LogP contribution in [0, 0.1) is 6.92 Å². The number of hydrogen-bond acceptors (Lipinski definition) is 4. The third-order valence-corrected chi connectivity index (χ3v) is 6.95.